The molecule has 2 aromatic carbocycles. The van der Waals surface area contributed by atoms with Crippen LogP contribution in [0.25, 0.3) is 0 Å². The van der Waals surface area contributed by atoms with Crippen molar-refractivity contribution in [1.82, 2.24) is 5.32 Å². The highest BCUT2D eigenvalue weighted by Crippen LogP contribution is 2.28. The maximum absolute atomic E-state index is 12.3. The van der Waals surface area contributed by atoms with Gasteiger partial charge >= 0.3 is 0 Å². The summed E-state index contributed by atoms with van der Waals surface area (Å²) in [6, 6.07) is 10.2. The Kier molecular flexibility index (Phi) is 6.54. The van der Waals surface area contributed by atoms with Gasteiger partial charge in [0.15, 0.2) is 11.5 Å². The summed E-state index contributed by atoms with van der Waals surface area (Å²) < 4.78 is 10.5. The van der Waals surface area contributed by atoms with Gasteiger partial charge in [0, 0.05) is 23.7 Å². The Hall–Kier alpha value is -3.09. The normalized spacial score (nSPS) is 10.3. The lowest BCUT2D eigenvalue weighted by molar-refractivity contribution is -0.385. The molecule has 0 spiro atoms. The maximum atomic E-state index is 12.3. The lowest BCUT2D eigenvalue weighted by Gasteiger charge is -2.10. The first-order valence-corrected chi connectivity index (χ1v) is 8.21. The first-order valence-electron chi connectivity index (χ1n) is 8.21. The van der Waals surface area contributed by atoms with Crippen LogP contribution in [-0.4, -0.2) is 31.6 Å². The van der Waals surface area contributed by atoms with Crippen LogP contribution in [0.4, 0.5) is 5.69 Å². The quantitative estimate of drug-likeness (QED) is 0.444. The zero-order valence-electron chi connectivity index (χ0n) is 15.1. The van der Waals surface area contributed by atoms with Gasteiger partial charge in [-0.25, -0.2) is 0 Å². The Bertz CT molecular complexity index is 805. The Morgan fingerprint density at radius 1 is 1.15 bits per heavy atom. The van der Waals surface area contributed by atoms with E-state index in [9.17, 15) is 14.9 Å². The molecule has 2 rings (SSSR count). The highest BCUT2D eigenvalue weighted by Gasteiger charge is 2.17. The number of aryl methyl sites for hydroxylation is 1. The van der Waals surface area contributed by atoms with E-state index in [1.54, 1.807) is 27.2 Å². The molecule has 7 nitrogen and oxygen atoms in total. The summed E-state index contributed by atoms with van der Waals surface area (Å²) in [5.74, 6) is 1.03. The van der Waals surface area contributed by atoms with Gasteiger partial charge in [0.25, 0.3) is 11.6 Å². The van der Waals surface area contributed by atoms with Crippen LogP contribution in [0.1, 0.15) is 27.9 Å². The highest BCUT2D eigenvalue weighted by atomic mass is 16.6. The van der Waals surface area contributed by atoms with Crippen LogP contribution in [-0.2, 0) is 6.42 Å². The third-order valence-corrected chi connectivity index (χ3v) is 4.12. The van der Waals surface area contributed by atoms with Crippen LogP contribution in [0, 0.1) is 17.0 Å². The first-order chi connectivity index (χ1) is 12.5. The Morgan fingerprint density at radius 3 is 2.54 bits per heavy atom. The minimum atomic E-state index is -0.483. The summed E-state index contributed by atoms with van der Waals surface area (Å²) in [6.45, 7) is 2.05. The van der Waals surface area contributed by atoms with Crippen LogP contribution in [0.15, 0.2) is 36.4 Å². The highest BCUT2D eigenvalue weighted by molar-refractivity contribution is 5.96. The zero-order valence-corrected chi connectivity index (χ0v) is 15.1. The van der Waals surface area contributed by atoms with Crippen molar-refractivity contribution in [3.05, 3.63) is 63.2 Å². The average molecular weight is 358 g/mol. The van der Waals surface area contributed by atoms with Crippen LogP contribution >= 0.6 is 0 Å². The summed E-state index contributed by atoms with van der Waals surface area (Å²) in [5, 5.41) is 13.8. The van der Waals surface area contributed by atoms with E-state index >= 15 is 0 Å². The monoisotopic (exact) mass is 358 g/mol. The van der Waals surface area contributed by atoms with E-state index in [0.29, 0.717) is 29.2 Å². The molecule has 1 amide bonds. The number of nitrogens with zero attached hydrogens (tertiary/aromatic N) is 1. The molecular formula is C19H22N2O5. The second-order valence-electron chi connectivity index (χ2n) is 5.76. The molecule has 138 valence electrons. The average Bonchev–Trinajstić information content (AvgIpc) is 2.64. The van der Waals surface area contributed by atoms with E-state index in [4.69, 9.17) is 9.47 Å². The number of hydrogen-bond acceptors (Lipinski definition) is 5. The molecule has 0 saturated heterocycles. The second kappa shape index (κ2) is 8.84. The molecule has 0 fully saturated rings. The molecule has 0 unspecified atom stereocenters. The Labute approximate surface area is 152 Å². The predicted molar refractivity (Wildman–Crippen MR) is 98.0 cm³/mol. The topological polar surface area (TPSA) is 90.7 Å². The van der Waals surface area contributed by atoms with E-state index < -0.39 is 4.92 Å². The van der Waals surface area contributed by atoms with Crippen molar-refractivity contribution < 1.29 is 19.2 Å². The molecule has 0 atom stereocenters. The van der Waals surface area contributed by atoms with Crippen LogP contribution < -0.4 is 14.8 Å². The van der Waals surface area contributed by atoms with Gasteiger partial charge in [-0.15, -0.1) is 0 Å². The number of rotatable bonds is 8. The third kappa shape index (κ3) is 4.50. The van der Waals surface area contributed by atoms with E-state index in [1.165, 1.54) is 12.1 Å². The van der Waals surface area contributed by atoms with Crippen LogP contribution in [0.2, 0.25) is 0 Å². The third-order valence-electron chi connectivity index (χ3n) is 4.12. The van der Waals surface area contributed by atoms with Crippen molar-refractivity contribution in [3.63, 3.8) is 0 Å². The van der Waals surface area contributed by atoms with E-state index in [2.05, 4.69) is 5.32 Å². The number of benzene rings is 2. The fourth-order valence-corrected chi connectivity index (χ4v) is 2.69. The number of nitro groups is 1. The Morgan fingerprint density at radius 2 is 1.88 bits per heavy atom. The minimum absolute atomic E-state index is 0.0528. The van der Waals surface area contributed by atoms with E-state index in [-0.39, 0.29) is 11.6 Å². The number of hydrogen-bond donors (Lipinski definition) is 1. The fraction of sp³-hybridized carbons (Fsp3) is 0.316. The molecule has 7 heteroatoms. The summed E-state index contributed by atoms with van der Waals surface area (Å²) >= 11 is 0. The minimum Gasteiger partial charge on any atom is -0.493 e. The lowest BCUT2D eigenvalue weighted by Crippen LogP contribution is -2.25. The fourth-order valence-electron chi connectivity index (χ4n) is 2.69. The summed E-state index contributed by atoms with van der Waals surface area (Å²) in [5.41, 5.74) is 1.71. The van der Waals surface area contributed by atoms with Gasteiger partial charge in [0.05, 0.1) is 19.1 Å². The predicted octanol–water partition coefficient (Wildman–Crippen LogP) is 3.28. The summed E-state index contributed by atoms with van der Waals surface area (Å²) in [4.78, 5) is 22.7. The molecule has 0 aliphatic rings. The number of carbonyl (C=O) groups is 1. The van der Waals surface area contributed by atoms with Gasteiger partial charge in [0.2, 0.25) is 0 Å². The number of carbonyl (C=O) groups excluding carboxylic acids is 1. The van der Waals surface area contributed by atoms with Crippen molar-refractivity contribution >= 4 is 11.6 Å². The molecular weight excluding hydrogens is 336 g/mol. The molecule has 0 radical (unpaired) electrons. The largest absolute Gasteiger partial charge is 0.493 e. The lowest BCUT2D eigenvalue weighted by atomic mass is 10.1. The molecule has 2 aromatic rings. The van der Waals surface area contributed by atoms with Gasteiger partial charge < -0.3 is 14.8 Å². The SMILES string of the molecule is COc1ccc(CCCNC(=O)c2cccc([N+](=O)[O-])c2C)cc1OC. The zero-order chi connectivity index (χ0) is 19.1. The molecule has 26 heavy (non-hydrogen) atoms. The van der Waals surface area contributed by atoms with Gasteiger partial charge in [-0.3, -0.25) is 14.9 Å². The van der Waals surface area contributed by atoms with Crippen LogP contribution in [0.3, 0.4) is 0 Å². The standard InChI is InChI=1S/C19H22N2O5/c1-13-15(7-4-8-16(13)21(23)24)19(22)20-11-5-6-14-9-10-17(25-2)18(12-14)26-3/h4,7-10,12H,5-6,11H2,1-3H3,(H,20,22). The number of nitrogens with one attached hydrogen (secondary N) is 1. The Balaban J connectivity index is 1.91. The van der Waals surface area contributed by atoms with Crippen molar-refractivity contribution in [3.8, 4) is 11.5 Å². The number of amides is 1. The van der Waals surface area contributed by atoms with Crippen molar-refractivity contribution in [2.24, 2.45) is 0 Å². The second-order valence-corrected chi connectivity index (χ2v) is 5.76. The van der Waals surface area contributed by atoms with Crippen molar-refractivity contribution in [2.75, 3.05) is 20.8 Å². The maximum Gasteiger partial charge on any atom is 0.273 e. The van der Waals surface area contributed by atoms with Gasteiger partial charge in [-0.1, -0.05) is 12.1 Å². The molecule has 0 heterocycles. The molecule has 0 aromatic heterocycles. The number of methoxy groups -OCH3 is 2. The van der Waals surface area contributed by atoms with Crippen molar-refractivity contribution in [2.45, 2.75) is 19.8 Å². The number of ether oxygens (including phenoxy) is 2. The molecule has 0 aliphatic heterocycles. The summed E-state index contributed by atoms with van der Waals surface area (Å²) in [7, 11) is 3.17. The van der Waals surface area contributed by atoms with E-state index in [1.807, 2.05) is 18.2 Å². The molecule has 1 N–H and O–H groups in total. The van der Waals surface area contributed by atoms with Gasteiger partial charge in [0.1, 0.15) is 0 Å². The molecule has 0 saturated carbocycles. The van der Waals surface area contributed by atoms with Gasteiger partial charge in [-0.2, -0.15) is 0 Å². The first kappa shape index (κ1) is 19.2. The van der Waals surface area contributed by atoms with E-state index in [0.717, 1.165) is 18.4 Å². The molecule has 0 aliphatic carbocycles. The van der Waals surface area contributed by atoms with Crippen molar-refractivity contribution in [1.29, 1.82) is 0 Å². The molecule has 0 bridgehead atoms. The summed E-state index contributed by atoms with van der Waals surface area (Å²) in [6.07, 6.45) is 1.49. The number of nitro benzene ring substituents is 1. The van der Waals surface area contributed by atoms with Crippen LogP contribution in [0.5, 0.6) is 11.5 Å². The smallest absolute Gasteiger partial charge is 0.273 e. The van der Waals surface area contributed by atoms with Gasteiger partial charge in [-0.05, 0) is 43.5 Å².